The van der Waals surface area contributed by atoms with Gasteiger partial charge in [0.2, 0.25) is 0 Å². The predicted octanol–water partition coefficient (Wildman–Crippen LogP) is 4.49. The van der Waals surface area contributed by atoms with Crippen LogP contribution in [0.4, 0.5) is 0 Å². The number of nitrogens with zero attached hydrogens (tertiary/aromatic N) is 3. The molecular weight excluding hydrogens is 644 g/mol. The lowest BCUT2D eigenvalue weighted by Gasteiger charge is -2.27. The Kier molecular flexibility index (Phi) is 8.99. The second-order valence-electron chi connectivity index (χ2n) is 9.25. The number of carbonyl (C=O) groups excluding carboxylic acids is 1. The minimum atomic E-state index is -0.816. The summed E-state index contributed by atoms with van der Waals surface area (Å²) in [4.78, 5) is 51.4. The molecule has 3 aromatic heterocycles. The largest absolute Gasteiger partial charge is 0.496 e. The van der Waals surface area contributed by atoms with Gasteiger partial charge >= 0.3 is 5.97 Å². The van der Waals surface area contributed by atoms with Gasteiger partial charge in [0, 0.05) is 27.9 Å². The summed E-state index contributed by atoms with van der Waals surface area (Å²) in [5.41, 5.74) is 1.52. The maximum Gasteiger partial charge on any atom is 0.338 e. The number of halogens is 1. The molecule has 4 heterocycles. The van der Waals surface area contributed by atoms with Crippen LogP contribution in [0.3, 0.4) is 0 Å². The molecule has 10 nitrogen and oxygen atoms in total. The van der Waals surface area contributed by atoms with E-state index in [0.717, 1.165) is 10.9 Å². The van der Waals surface area contributed by atoms with Crippen molar-refractivity contribution in [3.8, 4) is 5.75 Å². The summed E-state index contributed by atoms with van der Waals surface area (Å²) >= 11 is 5.90. The first-order valence-electron chi connectivity index (χ1n) is 13.1. The number of aromatic amines is 1. The zero-order chi connectivity index (χ0) is 30.0. The Labute approximate surface area is 256 Å². The number of ether oxygens (including phenoxy) is 2. The van der Waals surface area contributed by atoms with E-state index in [1.807, 2.05) is 19.1 Å². The molecule has 0 saturated heterocycles. The number of hydrogen-bond donors (Lipinski definition) is 1. The maximum atomic E-state index is 14.0. The van der Waals surface area contributed by atoms with E-state index in [1.165, 1.54) is 33.7 Å². The first-order valence-corrected chi connectivity index (χ1v) is 15.6. The second-order valence-corrected chi connectivity index (χ2v) is 12.2. The van der Waals surface area contributed by atoms with E-state index < -0.39 is 12.0 Å². The molecule has 0 radical (unpaired) electrons. The van der Waals surface area contributed by atoms with Gasteiger partial charge in [-0.25, -0.2) is 14.8 Å². The topological polar surface area (TPSA) is 129 Å². The van der Waals surface area contributed by atoms with Gasteiger partial charge in [-0.2, -0.15) is 0 Å². The highest BCUT2D eigenvalue weighted by Crippen LogP contribution is 2.38. The molecule has 42 heavy (non-hydrogen) atoms. The van der Waals surface area contributed by atoms with Crippen LogP contribution in [0.1, 0.15) is 49.7 Å². The van der Waals surface area contributed by atoms with E-state index in [-0.39, 0.29) is 17.7 Å². The Morgan fingerprint density at radius 1 is 1.24 bits per heavy atom. The van der Waals surface area contributed by atoms with Crippen LogP contribution in [0, 0.1) is 6.92 Å². The third-order valence-electron chi connectivity index (χ3n) is 6.30. The van der Waals surface area contributed by atoms with Crippen LogP contribution >= 0.6 is 39.0 Å². The molecule has 13 heteroatoms. The Morgan fingerprint density at radius 3 is 2.76 bits per heavy atom. The van der Waals surface area contributed by atoms with Crippen molar-refractivity contribution in [1.29, 1.82) is 0 Å². The molecule has 0 amide bonds. The molecule has 0 fully saturated rings. The summed E-state index contributed by atoms with van der Waals surface area (Å²) in [6, 6.07) is 9.53. The van der Waals surface area contributed by atoms with Gasteiger partial charge in [0.25, 0.3) is 11.1 Å². The fraction of sp³-hybridized carbons (Fsp3) is 0.276. The van der Waals surface area contributed by atoms with E-state index in [2.05, 4.69) is 25.9 Å². The van der Waals surface area contributed by atoms with E-state index in [1.54, 1.807) is 45.2 Å². The highest BCUT2D eigenvalue weighted by atomic mass is 79.9. The zero-order valence-corrected chi connectivity index (χ0v) is 26.4. The molecule has 1 aromatic carbocycles. The van der Waals surface area contributed by atoms with Gasteiger partial charge in [0.1, 0.15) is 17.6 Å². The summed E-state index contributed by atoms with van der Waals surface area (Å²) in [7, 11) is 1.55. The molecule has 218 valence electrons. The number of aromatic nitrogens is 3. The molecule has 5 rings (SSSR count). The molecule has 0 aliphatic carbocycles. The van der Waals surface area contributed by atoms with Crippen LogP contribution in [0.25, 0.3) is 6.08 Å². The van der Waals surface area contributed by atoms with E-state index in [9.17, 15) is 14.4 Å². The highest BCUT2D eigenvalue weighted by Gasteiger charge is 2.36. The third-order valence-corrected chi connectivity index (χ3v) is 8.58. The molecule has 0 spiro atoms. The molecule has 0 bridgehead atoms. The quantitative estimate of drug-likeness (QED) is 0.204. The number of allylic oxidation sites excluding steroid dienone is 1. The number of benzene rings is 1. The number of nitrogens with one attached hydrogen (secondary N) is 1. The van der Waals surface area contributed by atoms with Crippen LogP contribution in [-0.2, 0) is 9.53 Å². The average molecular weight is 672 g/mol. The van der Waals surface area contributed by atoms with Crippen molar-refractivity contribution in [3.05, 3.63) is 99.2 Å². The molecule has 1 aliphatic rings. The summed E-state index contributed by atoms with van der Waals surface area (Å²) in [6.45, 7) is 5.66. The number of rotatable bonds is 9. The summed E-state index contributed by atoms with van der Waals surface area (Å²) in [5.74, 6) is 0.432. The average Bonchev–Trinajstić information content (AvgIpc) is 3.50. The lowest BCUT2D eigenvalue weighted by atomic mass is 9.93. The van der Waals surface area contributed by atoms with Gasteiger partial charge in [-0.3, -0.25) is 14.2 Å². The first-order chi connectivity index (χ1) is 20.2. The predicted molar refractivity (Wildman–Crippen MR) is 163 cm³/mol. The second kappa shape index (κ2) is 12.7. The molecule has 1 N–H and O–H groups in total. The highest BCUT2D eigenvalue weighted by molar-refractivity contribution is 9.10. The molecule has 4 aromatic rings. The lowest BCUT2D eigenvalue weighted by molar-refractivity contribution is -0.139. The first kappa shape index (κ1) is 29.8. The molecule has 1 aliphatic heterocycles. The van der Waals surface area contributed by atoms with Gasteiger partial charge in [0.15, 0.2) is 15.1 Å². The Balaban J connectivity index is 1.65. The minimum absolute atomic E-state index is 0.180. The fourth-order valence-corrected chi connectivity index (χ4v) is 6.81. The van der Waals surface area contributed by atoms with Crippen molar-refractivity contribution in [2.45, 2.75) is 49.9 Å². The maximum absolute atomic E-state index is 14.0. The van der Waals surface area contributed by atoms with Gasteiger partial charge < -0.3 is 18.9 Å². The number of aryl methyl sites for hydroxylation is 1. The van der Waals surface area contributed by atoms with Crippen molar-refractivity contribution >= 4 is 51.1 Å². The number of furan rings is 1. The van der Waals surface area contributed by atoms with Crippen molar-refractivity contribution in [2.24, 2.45) is 4.99 Å². The number of esters is 1. The molecule has 0 saturated carbocycles. The zero-order valence-electron chi connectivity index (χ0n) is 23.2. The number of hydrogen-bond acceptors (Lipinski definition) is 10. The smallest absolute Gasteiger partial charge is 0.338 e. The van der Waals surface area contributed by atoms with Crippen molar-refractivity contribution < 1.29 is 18.7 Å². The lowest BCUT2D eigenvalue weighted by Crippen LogP contribution is -2.40. The Bertz CT molecular complexity index is 1940. The minimum Gasteiger partial charge on any atom is -0.496 e. The number of carbonyl (C=O) groups is 1. The van der Waals surface area contributed by atoms with E-state index >= 15 is 0 Å². The van der Waals surface area contributed by atoms with Gasteiger partial charge in [0.05, 0.1) is 29.5 Å². The summed E-state index contributed by atoms with van der Waals surface area (Å²) in [6.07, 6.45) is 2.91. The van der Waals surface area contributed by atoms with Crippen molar-refractivity contribution in [2.75, 3.05) is 13.7 Å². The fourth-order valence-electron chi connectivity index (χ4n) is 4.63. The van der Waals surface area contributed by atoms with E-state index in [0.29, 0.717) is 60.0 Å². The Morgan fingerprint density at radius 2 is 2.05 bits per heavy atom. The van der Waals surface area contributed by atoms with Crippen molar-refractivity contribution in [3.63, 3.8) is 0 Å². The number of H-pyrrole nitrogens is 1. The number of thiazole rings is 1. The number of fused-ring (bicyclic) bond motifs is 1. The van der Waals surface area contributed by atoms with Gasteiger partial charge in [-0.15, -0.1) is 0 Å². The normalized spacial score (nSPS) is 15.0. The third kappa shape index (κ3) is 6.08. The van der Waals surface area contributed by atoms with Crippen LogP contribution < -0.4 is 25.2 Å². The summed E-state index contributed by atoms with van der Waals surface area (Å²) < 4.78 is 19.7. The van der Waals surface area contributed by atoms with Gasteiger partial charge in [-0.1, -0.05) is 40.6 Å². The van der Waals surface area contributed by atoms with Crippen LogP contribution in [0.15, 0.2) is 81.4 Å². The molecular formula is C29H27BrN4O6S2. The van der Waals surface area contributed by atoms with Crippen LogP contribution in [0.5, 0.6) is 5.75 Å². The van der Waals surface area contributed by atoms with Crippen LogP contribution in [-0.4, -0.2) is 34.2 Å². The van der Waals surface area contributed by atoms with Crippen LogP contribution in [0.2, 0.25) is 0 Å². The van der Waals surface area contributed by atoms with E-state index in [4.69, 9.17) is 18.9 Å². The number of methoxy groups -OCH3 is 1. The van der Waals surface area contributed by atoms with Crippen molar-refractivity contribution in [1.82, 2.24) is 14.5 Å². The standard InChI is InChI=1S/C29H27BrN4O6S2/c1-5-7-19-24(27(37)39-6-2)25(18-13-16(30)8-10-20(18)38-4)34-26(36)21(41-29(34)32-19)14-17-9-11-23(40-17)42-28-31-15(3)12-22(35)33-28/h8-14,25H,5-7H2,1-4H3,(H,31,33,35)/b21-14-/t25-/m0/s1. The van der Waals surface area contributed by atoms with Gasteiger partial charge in [-0.05, 0) is 62.4 Å². The SMILES string of the molecule is CCCC1=C(C(=O)OCC)[C@H](c2cc(Br)ccc2OC)n2c(s/c(=C\c3ccc(Sc4nc(C)cc(=O)[nH]4)o3)c2=O)=N1. The Hall–Kier alpha value is -3.68. The summed E-state index contributed by atoms with van der Waals surface area (Å²) in [5, 5.41) is 0.896. The monoisotopic (exact) mass is 670 g/mol. The molecule has 0 unspecified atom stereocenters. The molecule has 1 atom stereocenters.